The Morgan fingerprint density at radius 3 is 2.48 bits per heavy atom. The molecular weight excluding hydrogens is 414 g/mol. The van der Waals surface area contributed by atoms with Gasteiger partial charge in [0.1, 0.15) is 0 Å². The monoisotopic (exact) mass is 445 g/mol. The third-order valence-corrected chi connectivity index (χ3v) is 7.22. The van der Waals surface area contributed by atoms with E-state index in [1.807, 2.05) is 24.3 Å². The third-order valence-electron chi connectivity index (χ3n) is 7.22. The summed E-state index contributed by atoms with van der Waals surface area (Å²) in [4.78, 5) is 30.3. The predicted octanol–water partition coefficient (Wildman–Crippen LogP) is 3.47. The van der Waals surface area contributed by atoms with Gasteiger partial charge in [-0.15, -0.1) is 0 Å². The summed E-state index contributed by atoms with van der Waals surface area (Å²) >= 11 is 0. The number of likely N-dealkylation sites (N-methyl/N-ethyl adjacent to an activating group) is 1. The number of Topliss-reactive ketones (excluding diaryl/α,β-unsaturated/α-hetero) is 1. The topological polar surface area (TPSA) is 54.8 Å². The quantitative estimate of drug-likeness (QED) is 0.563. The minimum Gasteiger partial charge on any atom is -0.465 e. The highest BCUT2D eigenvalue weighted by Gasteiger charge is 2.34. The molecule has 1 fully saturated rings. The summed E-state index contributed by atoms with van der Waals surface area (Å²) in [6.07, 6.45) is 1.81. The van der Waals surface area contributed by atoms with Gasteiger partial charge in [0.05, 0.1) is 12.7 Å². The minimum absolute atomic E-state index is 0.0690. The first-order valence-electron chi connectivity index (χ1n) is 11.8. The number of para-hydroxylation sites is 1. The van der Waals surface area contributed by atoms with Crippen molar-refractivity contribution in [2.75, 3.05) is 46.9 Å². The molecule has 2 aliphatic rings. The number of carbonyl (C=O) groups is 2. The number of esters is 1. The molecule has 1 atom stereocenters. The molecule has 33 heavy (non-hydrogen) atoms. The molecule has 6 nitrogen and oxygen atoms in total. The number of rotatable bonds is 5. The molecule has 0 spiro atoms. The molecule has 1 aliphatic heterocycles. The Balaban J connectivity index is 1.43. The van der Waals surface area contributed by atoms with Crippen LogP contribution < -0.4 is 0 Å². The molecule has 1 aromatic heterocycles. The Bertz CT molecular complexity index is 1170. The summed E-state index contributed by atoms with van der Waals surface area (Å²) in [5.41, 5.74) is 4.81. The first-order valence-corrected chi connectivity index (χ1v) is 11.8. The molecule has 0 N–H and O–H groups in total. The van der Waals surface area contributed by atoms with Crippen LogP contribution in [-0.2, 0) is 17.7 Å². The summed E-state index contributed by atoms with van der Waals surface area (Å²) in [6, 6.07) is 15.8. The Morgan fingerprint density at radius 1 is 1.03 bits per heavy atom. The van der Waals surface area contributed by atoms with Crippen LogP contribution in [0.25, 0.3) is 10.9 Å². The summed E-state index contributed by atoms with van der Waals surface area (Å²) in [6.45, 7) is 5.75. The average molecular weight is 446 g/mol. The molecule has 1 unspecified atom stereocenters. The lowest BCUT2D eigenvalue weighted by molar-refractivity contribution is 0.0600. The van der Waals surface area contributed by atoms with Crippen LogP contribution in [0.4, 0.5) is 0 Å². The van der Waals surface area contributed by atoms with E-state index in [1.165, 1.54) is 7.11 Å². The van der Waals surface area contributed by atoms with Crippen molar-refractivity contribution < 1.29 is 14.3 Å². The zero-order chi connectivity index (χ0) is 22.9. The molecule has 5 rings (SSSR count). The number of benzene rings is 2. The summed E-state index contributed by atoms with van der Waals surface area (Å²) < 4.78 is 7.10. The van der Waals surface area contributed by atoms with Gasteiger partial charge >= 0.3 is 5.97 Å². The fourth-order valence-corrected chi connectivity index (χ4v) is 5.28. The van der Waals surface area contributed by atoms with E-state index >= 15 is 0 Å². The average Bonchev–Trinajstić information content (AvgIpc) is 3.16. The van der Waals surface area contributed by atoms with E-state index < -0.39 is 0 Å². The van der Waals surface area contributed by atoms with Crippen LogP contribution in [0.2, 0.25) is 0 Å². The molecule has 1 aliphatic carbocycles. The highest BCUT2D eigenvalue weighted by Crippen LogP contribution is 2.35. The van der Waals surface area contributed by atoms with Crippen LogP contribution >= 0.6 is 0 Å². The zero-order valence-electron chi connectivity index (χ0n) is 19.4. The second-order valence-corrected chi connectivity index (χ2v) is 9.32. The Morgan fingerprint density at radius 2 is 1.76 bits per heavy atom. The molecular formula is C27H31N3O3. The van der Waals surface area contributed by atoms with Gasteiger partial charge in [-0.25, -0.2) is 4.79 Å². The lowest BCUT2D eigenvalue weighted by Crippen LogP contribution is -2.47. The van der Waals surface area contributed by atoms with Crippen molar-refractivity contribution in [2.45, 2.75) is 19.4 Å². The van der Waals surface area contributed by atoms with E-state index in [1.54, 1.807) is 12.1 Å². The standard InChI is InChI=1S/C27H31N3O3/c1-28-13-15-29(16-14-28)18-21-11-12-24-25(26(21)31)22-5-3-4-6-23(22)30(24)17-19-7-9-20(10-8-19)27(32)33-2/h3-10,21H,11-18H2,1-2H3. The molecule has 0 amide bonds. The minimum atomic E-state index is -0.331. The smallest absolute Gasteiger partial charge is 0.337 e. The molecule has 0 saturated carbocycles. The largest absolute Gasteiger partial charge is 0.465 e. The fraction of sp³-hybridized carbons (Fsp3) is 0.407. The second kappa shape index (κ2) is 9.12. The Kier molecular flexibility index (Phi) is 6.04. The van der Waals surface area contributed by atoms with E-state index in [0.717, 1.165) is 73.3 Å². The van der Waals surface area contributed by atoms with Crippen LogP contribution in [0.1, 0.15) is 38.4 Å². The molecule has 1 saturated heterocycles. The van der Waals surface area contributed by atoms with Crippen molar-refractivity contribution in [3.63, 3.8) is 0 Å². The van der Waals surface area contributed by atoms with Crippen molar-refractivity contribution in [3.05, 3.63) is 70.9 Å². The van der Waals surface area contributed by atoms with Gasteiger partial charge in [-0.3, -0.25) is 4.79 Å². The van der Waals surface area contributed by atoms with E-state index in [9.17, 15) is 9.59 Å². The van der Waals surface area contributed by atoms with Crippen LogP contribution in [0, 0.1) is 5.92 Å². The van der Waals surface area contributed by atoms with Crippen molar-refractivity contribution in [2.24, 2.45) is 5.92 Å². The first-order chi connectivity index (χ1) is 16.0. The maximum atomic E-state index is 13.7. The van der Waals surface area contributed by atoms with Gasteiger partial charge in [-0.1, -0.05) is 30.3 Å². The van der Waals surface area contributed by atoms with Crippen LogP contribution in [0.3, 0.4) is 0 Å². The number of methoxy groups -OCH3 is 1. The van der Waals surface area contributed by atoms with Crippen molar-refractivity contribution in [1.82, 2.24) is 14.4 Å². The number of piperazine rings is 1. The van der Waals surface area contributed by atoms with E-state index in [2.05, 4.69) is 33.5 Å². The highest BCUT2D eigenvalue weighted by atomic mass is 16.5. The summed E-state index contributed by atoms with van der Waals surface area (Å²) in [7, 11) is 3.55. The van der Waals surface area contributed by atoms with Gasteiger partial charge in [0, 0.05) is 67.3 Å². The number of hydrogen-bond donors (Lipinski definition) is 0. The number of aromatic nitrogens is 1. The van der Waals surface area contributed by atoms with Gasteiger partial charge in [0.25, 0.3) is 0 Å². The normalized spacial score (nSPS) is 19.6. The molecule has 6 heteroatoms. The number of fused-ring (bicyclic) bond motifs is 3. The van der Waals surface area contributed by atoms with Crippen LogP contribution in [0.15, 0.2) is 48.5 Å². The maximum absolute atomic E-state index is 13.7. The molecule has 2 aromatic carbocycles. The lowest BCUT2D eigenvalue weighted by Gasteiger charge is -2.35. The van der Waals surface area contributed by atoms with Gasteiger partial charge < -0.3 is 19.1 Å². The SMILES string of the molecule is COC(=O)c1ccc(Cn2c3c(c4ccccc42)C(=O)C(CN2CCN(C)CC2)CC3)cc1. The van der Waals surface area contributed by atoms with Gasteiger partial charge in [-0.05, 0) is 43.7 Å². The Hall–Kier alpha value is -2.96. The van der Waals surface area contributed by atoms with Crippen molar-refractivity contribution in [1.29, 1.82) is 0 Å². The number of hydrogen-bond acceptors (Lipinski definition) is 5. The van der Waals surface area contributed by atoms with Crippen molar-refractivity contribution >= 4 is 22.7 Å². The number of ether oxygens (including phenoxy) is 1. The van der Waals surface area contributed by atoms with E-state index in [4.69, 9.17) is 4.74 Å². The summed E-state index contributed by atoms with van der Waals surface area (Å²) in [5, 5.41) is 1.06. The highest BCUT2D eigenvalue weighted by molar-refractivity contribution is 6.11. The molecule has 3 aromatic rings. The number of nitrogens with zero attached hydrogens (tertiary/aromatic N) is 3. The fourth-order valence-electron chi connectivity index (χ4n) is 5.28. The van der Waals surface area contributed by atoms with Crippen LogP contribution in [-0.4, -0.2) is 73.0 Å². The molecule has 172 valence electrons. The molecule has 0 bridgehead atoms. The van der Waals surface area contributed by atoms with E-state index in [-0.39, 0.29) is 11.9 Å². The number of ketones is 1. The predicted molar refractivity (Wildman–Crippen MR) is 129 cm³/mol. The van der Waals surface area contributed by atoms with Gasteiger partial charge in [0.15, 0.2) is 5.78 Å². The van der Waals surface area contributed by atoms with Gasteiger partial charge in [-0.2, -0.15) is 0 Å². The van der Waals surface area contributed by atoms with Gasteiger partial charge in [0.2, 0.25) is 0 Å². The maximum Gasteiger partial charge on any atom is 0.337 e. The van der Waals surface area contributed by atoms with E-state index in [0.29, 0.717) is 17.9 Å². The lowest BCUT2D eigenvalue weighted by atomic mass is 9.84. The summed E-state index contributed by atoms with van der Waals surface area (Å²) in [5.74, 6) is 0.0352. The Labute approximate surface area is 194 Å². The number of carbonyl (C=O) groups excluding carboxylic acids is 2. The van der Waals surface area contributed by atoms with Crippen molar-refractivity contribution in [3.8, 4) is 0 Å². The molecule has 0 radical (unpaired) electrons. The van der Waals surface area contributed by atoms with Crippen LogP contribution in [0.5, 0.6) is 0 Å². The zero-order valence-corrected chi connectivity index (χ0v) is 19.4. The molecule has 2 heterocycles. The first kappa shape index (κ1) is 21.9. The second-order valence-electron chi connectivity index (χ2n) is 9.32. The third kappa shape index (κ3) is 4.21.